The number of fused-ring (bicyclic) bond motifs is 2. The minimum absolute atomic E-state index is 0.0851. The Morgan fingerprint density at radius 2 is 2.14 bits per heavy atom. The van der Waals surface area contributed by atoms with Crippen molar-refractivity contribution in [2.45, 2.75) is 30.8 Å². The van der Waals surface area contributed by atoms with Crippen molar-refractivity contribution in [2.24, 2.45) is 5.92 Å². The van der Waals surface area contributed by atoms with Gasteiger partial charge in [0.1, 0.15) is 12.4 Å². The fraction of sp³-hybridized carbons (Fsp3) is 0.875. The fourth-order valence-electron chi connectivity index (χ4n) is 1.91. The van der Waals surface area contributed by atoms with E-state index in [0.29, 0.717) is 6.29 Å². The van der Waals surface area contributed by atoms with Crippen LogP contribution in [0.25, 0.3) is 0 Å². The van der Waals surface area contributed by atoms with Gasteiger partial charge in [0.05, 0.1) is 12.7 Å². The fourth-order valence-corrected chi connectivity index (χ4v) is 1.91. The molecular formula is C8H10F2O4. The third-order valence-electron chi connectivity index (χ3n) is 2.68. The van der Waals surface area contributed by atoms with Crippen LogP contribution in [0.15, 0.2) is 0 Å². The number of rotatable bonds is 3. The summed E-state index contributed by atoms with van der Waals surface area (Å²) in [4.78, 5) is 10.3. The van der Waals surface area contributed by atoms with E-state index in [1.165, 1.54) is 0 Å². The molecule has 3 saturated heterocycles. The van der Waals surface area contributed by atoms with Crippen LogP contribution in [0, 0.1) is 5.92 Å². The van der Waals surface area contributed by atoms with Gasteiger partial charge >= 0.3 is 5.92 Å². The molecule has 6 heteroatoms. The molecule has 14 heavy (non-hydrogen) atoms. The lowest BCUT2D eigenvalue weighted by Crippen LogP contribution is -2.71. The number of alkyl halides is 2. The van der Waals surface area contributed by atoms with Gasteiger partial charge in [-0.1, -0.05) is 0 Å². The first-order valence-corrected chi connectivity index (χ1v) is 4.34. The van der Waals surface area contributed by atoms with Gasteiger partial charge in [0.2, 0.25) is 6.29 Å². The zero-order valence-electron chi connectivity index (χ0n) is 7.23. The molecule has 0 unspecified atom stereocenters. The lowest BCUT2D eigenvalue weighted by Gasteiger charge is -2.54. The van der Waals surface area contributed by atoms with Gasteiger partial charge in [-0.25, -0.2) is 0 Å². The molecule has 0 radical (unpaired) electrons. The Balaban J connectivity index is 2.12. The van der Waals surface area contributed by atoms with E-state index in [1.807, 2.05) is 0 Å². The molecular weight excluding hydrogens is 198 g/mol. The van der Waals surface area contributed by atoms with Gasteiger partial charge in [0.25, 0.3) is 0 Å². The molecule has 0 aromatic heterocycles. The van der Waals surface area contributed by atoms with Crippen molar-refractivity contribution in [1.82, 2.24) is 0 Å². The summed E-state index contributed by atoms with van der Waals surface area (Å²) in [5.41, 5.74) is 0. The van der Waals surface area contributed by atoms with E-state index in [1.54, 1.807) is 0 Å². The minimum atomic E-state index is -3.03. The molecule has 0 aliphatic carbocycles. The van der Waals surface area contributed by atoms with Crippen LogP contribution in [0.4, 0.5) is 8.78 Å². The maximum Gasteiger partial charge on any atom is 0.323 e. The summed E-state index contributed by atoms with van der Waals surface area (Å²) in [5, 5.41) is 8.86. The highest BCUT2D eigenvalue weighted by molar-refractivity contribution is 5.50. The van der Waals surface area contributed by atoms with Crippen molar-refractivity contribution in [3.63, 3.8) is 0 Å². The third-order valence-corrected chi connectivity index (χ3v) is 2.68. The highest BCUT2D eigenvalue weighted by Gasteiger charge is 2.68. The normalized spacial score (nSPS) is 44.2. The van der Waals surface area contributed by atoms with Gasteiger partial charge in [-0.05, 0) is 0 Å². The van der Waals surface area contributed by atoms with Crippen LogP contribution < -0.4 is 0 Å². The summed E-state index contributed by atoms with van der Waals surface area (Å²) >= 11 is 0. The number of carbonyl (C=O) groups excluding carboxylic acids is 1. The summed E-state index contributed by atoms with van der Waals surface area (Å²) in [7, 11) is 0. The summed E-state index contributed by atoms with van der Waals surface area (Å²) in [6.07, 6.45) is -3.10. The van der Waals surface area contributed by atoms with Crippen LogP contribution in [-0.2, 0) is 14.3 Å². The molecule has 0 aromatic carbocycles. The van der Waals surface area contributed by atoms with Crippen LogP contribution in [0.2, 0.25) is 0 Å². The molecule has 0 saturated carbocycles. The van der Waals surface area contributed by atoms with Crippen molar-refractivity contribution in [3.05, 3.63) is 0 Å². The molecule has 3 heterocycles. The van der Waals surface area contributed by atoms with Crippen LogP contribution >= 0.6 is 0 Å². The second-order valence-electron chi connectivity index (χ2n) is 3.49. The number of hydrogen-bond acceptors (Lipinski definition) is 4. The Kier molecular flexibility index (Phi) is 2.29. The van der Waals surface area contributed by atoms with E-state index >= 15 is 0 Å². The summed E-state index contributed by atoms with van der Waals surface area (Å²) in [6, 6.07) is 0. The van der Waals surface area contributed by atoms with E-state index in [4.69, 9.17) is 14.6 Å². The van der Waals surface area contributed by atoms with Crippen molar-refractivity contribution in [2.75, 3.05) is 6.61 Å². The van der Waals surface area contributed by atoms with E-state index in [0.717, 1.165) is 0 Å². The van der Waals surface area contributed by atoms with Gasteiger partial charge in [-0.15, -0.1) is 0 Å². The van der Waals surface area contributed by atoms with Crippen LogP contribution in [0.5, 0.6) is 0 Å². The van der Waals surface area contributed by atoms with Crippen molar-refractivity contribution >= 4 is 6.29 Å². The van der Waals surface area contributed by atoms with Gasteiger partial charge in [0.15, 0.2) is 0 Å². The molecule has 0 spiro atoms. The topological polar surface area (TPSA) is 55.8 Å². The Hall–Kier alpha value is -0.590. The number of halogens is 2. The number of aliphatic hydroxyl groups excluding tert-OH is 1. The first kappa shape index (κ1) is 9.95. The zero-order chi connectivity index (χ0) is 10.3. The van der Waals surface area contributed by atoms with Gasteiger partial charge in [0, 0.05) is 12.3 Å². The molecule has 3 aliphatic heterocycles. The Bertz CT molecular complexity index is 245. The number of aldehydes is 1. The summed E-state index contributed by atoms with van der Waals surface area (Å²) in [5.74, 6) is -3.78. The largest absolute Gasteiger partial charge is 0.394 e. The van der Waals surface area contributed by atoms with E-state index in [-0.39, 0.29) is 13.0 Å². The van der Waals surface area contributed by atoms with E-state index in [9.17, 15) is 13.6 Å². The molecule has 2 bridgehead atoms. The SMILES string of the molecule is O=CC[C@H]1[C@H]2O[C@@H](O[C@@H]1CO)C2(F)F. The van der Waals surface area contributed by atoms with E-state index < -0.39 is 30.3 Å². The molecule has 80 valence electrons. The Labute approximate surface area is 78.8 Å². The smallest absolute Gasteiger partial charge is 0.323 e. The average molecular weight is 208 g/mol. The maximum absolute atomic E-state index is 13.1. The first-order chi connectivity index (χ1) is 6.61. The molecule has 0 amide bonds. The van der Waals surface area contributed by atoms with Crippen LogP contribution in [-0.4, -0.2) is 42.4 Å². The van der Waals surface area contributed by atoms with Gasteiger partial charge in [-0.2, -0.15) is 8.78 Å². The monoisotopic (exact) mass is 208 g/mol. The third kappa shape index (κ3) is 1.18. The molecule has 4 atom stereocenters. The first-order valence-electron chi connectivity index (χ1n) is 4.34. The molecule has 4 nitrogen and oxygen atoms in total. The highest BCUT2D eigenvalue weighted by atomic mass is 19.3. The molecule has 1 N–H and O–H groups in total. The Morgan fingerprint density at radius 3 is 2.64 bits per heavy atom. The van der Waals surface area contributed by atoms with Crippen molar-refractivity contribution in [1.29, 1.82) is 0 Å². The number of carbonyl (C=O) groups is 1. The number of ether oxygens (including phenoxy) is 2. The maximum atomic E-state index is 13.1. The minimum Gasteiger partial charge on any atom is -0.394 e. The average Bonchev–Trinajstić information content (AvgIpc) is 2.18. The standard InChI is InChI=1S/C8H10F2O4/c9-8(10)6-4(1-2-11)5(3-12)13-7(8)14-6/h2,4-7,12H,1,3H2/t4-,5-,6-,7-/m1/s1. The molecule has 3 rings (SSSR count). The second kappa shape index (κ2) is 3.22. The lowest BCUT2D eigenvalue weighted by atomic mass is 9.83. The predicted octanol–water partition coefficient (Wildman–Crippen LogP) is -0.0571. The van der Waals surface area contributed by atoms with Crippen molar-refractivity contribution in [3.8, 4) is 0 Å². The molecule has 0 aromatic rings. The molecule has 3 fully saturated rings. The zero-order valence-corrected chi connectivity index (χ0v) is 7.23. The van der Waals surface area contributed by atoms with Crippen LogP contribution in [0.1, 0.15) is 6.42 Å². The molecule has 3 aliphatic rings. The van der Waals surface area contributed by atoms with E-state index in [2.05, 4.69) is 0 Å². The van der Waals surface area contributed by atoms with Gasteiger partial charge in [-0.3, -0.25) is 0 Å². The summed E-state index contributed by atoms with van der Waals surface area (Å²) in [6.45, 7) is -0.370. The second-order valence-corrected chi connectivity index (χ2v) is 3.49. The number of aliphatic hydroxyl groups is 1. The Morgan fingerprint density at radius 1 is 1.43 bits per heavy atom. The quantitative estimate of drug-likeness (QED) is 0.660. The van der Waals surface area contributed by atoms with Gasteiger partial charge < -0.3 is 19.4 Å². The summed E-state index contributed by atoms with van der Waals surface area (Å²) < 4.78 is 35.7. The lowest BCUT2D eigenvalue weighted by molar-refractivity contribution is -0.458. The highest BCUT2D eigenvalue weighted by Crippen LogP contribution is 2.49. The van der Waals surface area contributed by atoms with Crippen molar-refractivity contribution < 1.29 is 28.2 Å². The predicted molar refractivity (Wildman–Crippen MR) is 39.7 cm³/mol. The van der Waals surface area contributed by atoms with Crippen LogP contribution in [0.3, 0.4) is 0 Å². The number of hydrogen-bond donors (Lipinski definition) is 1.